The fourth-order valence-electron chi connectivity index (χ4n) is 1.72. The SMILES string of the molecule is CCOc1cc(C(=O)OC)nc2c(F)cc(O)cc12. The average Bonchev–Trinajstić information content (AvgIpc) is 2.38. The molecule has 0 unspecified atom stereocenters. The summed E-state index contributed by atoms with van der Waals surface area (Å²) in [5.74, 6) is -1.39. The molecular weight excluding hydrogens is 253 g/mol. The highest BCUT2D eigenvalue weighted by Gasteiger charge is 2.16. The topological polar surface area (TPSA) is 68.7 Å². The number of phenols is 1. The molecule has 0 aliphatic carbocycles. The molecule has 1 aromatic heterocycles. The number of nitrogens with zero attached hydrogens (tertiary/aromatic N) is 1. The Morgan fingerprint density at radius 2 is 2.16 bits per heavy atom. The van der Waals surface area contributed by atoms with Gasteiger partial charge in [-0.1, -0.05) is 0 Å². The van der Waals surface area contributed by atoms with Crippen LogP contribution in [0.25, 0.3) is 10.9 Å². The summed E-state index contributed by atoms with van der Waals surface area (Å²) in [6.45, 7) is 2.08. The van der Waals surface area contributed by atoms with E-state index in [1.807, 2.05) is 0 Å². The van der Waals surface area contributed by atoms with Gasteiger partial charge in [0.15, 0.2) is 11.5 Å². The van der Waals surface area contributed by atoms with Crippen molar-refractivity contribution in [3.8, 4) is 11.5 Å². The van der Waals surface area contributed by atoms with E-state index in [-0.39, 0.29) is 22.7 Å². The predicted octanol–water partition coefficient (Wildman–Crippen LogP) is 2.26. The van der Waals surface area contributed by atoms with Gasteiger partial charge in [0.1, 0.15) is 17.0 Å². The molecule has 0 saturated carbocycles. The zero-order chi connectivity index (χ0) is 14.0. The smallest absolute Gasteiger partial charge is 0.356 e. The minimum atomic E-state index is -0.735. The van der Waals surface area contributed by atoms with Gasteiger partial charge in [0, 0.05) is 17.5 Å². The monoisotopic (exact) mass is 265 g/mol. The Morgan fingerprint density at radius 1 is 1.42 bits per heavy atom. The Bertz CT molecular complexity index is 642. The van der Waals surface area contributed by atoms with Gasteiger partial charge in [0.25, 0.3) is 0 Å². The number of carbonyl (C=O) groups is 1. The zero-order valence-electron chi connectivity index (χ0n) is 10.4. The van der Waals surface area contributed by atoms with E-state index in [1.165, 1.54) is 19.2 Å². The van der Waals surface area contributed by atoms with Crippen molar-refractivity contribution in [2.75, 3.05) is 13.7 Å². The standard InChI is InChI=1S/C13H12FNO4/c1-3-19-11-6-10(13(17)18-2)15-12-8(11)4-7(16)5-9(12)14/h4-6,16H,3H2,1-2H3. The summed E-state index contributed by atoms with van der Waals surface area (Å²) in [6, 6.07) is 3.61. The molecular formula is C13H12FNO4. The fraction of sp³-hybridized carbons (Fsp3) is 0.231. The lowest BCUT2D eigenvalue weighted by Gasteiger charge is -2.10. The maximum atomic E-state index is 13.8. The minimum absolute atomic E-state index is 0.0517. The maximum absolute atomic E-state index is 13.8. The number of esters is 1. The highest BCUT2D eigenvalue weighted by molar-refractivity contribution is 5.94. The van der Waals surface area contributed by atoms with Gasteiger partial charge >= 0.3 is 5.97 Å². The molecule has 19 heavy (non-hydrogen) atoms. The van der Waals surface area contributed by atoms with Crippen molar-refractivity contribution in [2.24, 2.45) is 0 Å². The predicted molar refractivity (Wildman–Crippen MR) is 65.9 cm³/mol. The van der Waals surface area contributed by atoms with Gasteiger partial charge < -0.3 is 14.6 Å². The van der Waals surface area contributed by atoms with Crippen LogP contribution in [-0.4, -0.2) is 29.8 Å². The van der Waals surface area contributed by atoms with E-state index in [0.717, 1.165) is 6.07 Å². The number of benzene rings is 1. The van der Waals surface area contributed by atoms with Crippen LogP contribution in [0.1, 0.15) is 17.4 Å². The summed E-state index contributed by atoms with van der Waals surface area (Å²) >= 11 is 0. The number of carbonyl (C=O) groups excluding carboxylic acids is 1. The third kappa shape index (κ3) is 2.42. The summed E-state index contributed by atoms with van der Waals surface area (Å²) in [4.78, 5) is 15.4. The number of hydrogen-bond donors (Lipinski definition) is 1. The van der Waals surface area contributed by atoms with Crippen molar-refractivity contribution < 1.29 is 23.8 Å². The lowest BCUT2D eigenvalue weighted by molar-refractivity contribution is 0.0594. The number of phenolic OH excluding ortho intramolecular Hbond substituents is 1. The number of aromatic hydroxyl groups is 1. The molecule has 5 nitrogen and oxygen atoms in total. The van der Waals surface area contributed by atoms with Crippen LogP contribution in [0.15, 0.2) is 18.2 Å². The molecule has 0 saturated heterocycles. The van der Waals surface area contributed by atoms with Crippen molar-refractivity contribution in [3.63, 3.8) is 0 Å². The number of rotatable bonds is 3. The van der Waals surface area contributed by atoms with Gasteiger partial charge in [0.05, 0.1) is 13.7 Å². The van der Waals surface area contributed by atoms with Gasteiger partial charge in [-0.15, -0.1) is 0 Å². The largest absolute Gasteiger partial charge is 0.508 e. The fourth-order valence-corrected chi connectivity index (χ4v) is 1.72. The number of pyridine rings is 1. The first kappa shape index (κ1) is 13.1. The lowest BCUT2D eigenvalue weighted by Crippen LogP contribution is -2.06. The Balaban J connectivity index is 2.75. The van der Waals surface area contributed by atoms with Gasteiger partial charge in [-0.3, -0.25) is 0 Å². The van der Waals surface area contributed by atoms with E-state index >= 15 is 0 Å². The molecule has 100 valence electrons. The molecule has 1 aromatic carbocycles. The third-order valence-corrected chi connectivity index (χ3v) is 2.51. The van der Waals surface area contributed by atoms with Crippen molar-refractivity contribution in [1.82, 2.24) is 4.98 Å². The summed E-state index contributed by atoms with van der Waals surface area (Å²) in [7, 11) is 1.21. The number of aromatic nitrogens is 1. The summed E-state index contributed by atoms with van der Waals surface area (Å²) in [6.07, 6.45) is 0. The second-order valence-electron chi connectivity index (χ2n) is 3.75. The molecule has 1 N–H and O–H groups in total. The van der Waals surface area contributed by atoms with Gasteiger partial charge in [0.2, 0.25) is 0 Å². The lowest BCUT2D eigenvalue weighted by atomic mass is 10.1. The Hall–Kier alpha value is -2.37. The molecule has 1 heterocycles. The normalized spacial score (nSPS) is 10.5. The first-order valence-electron chi connectivity index (χ1n) is 5.61. The van der Waals surface area contributed by atoms with E-state index in [4.69, 9.17) is 4.74 Å². The molecule has 6 heteroatoms. The highest BCUT2D eigenvalue weighted by Crippen LogP contribution is 2.31. The first-order chi connectivity index (χ1) is 9.06. The Labute approximate surface area is 108 Å². The molecule has 0 radical (unpaired) electrons. The quantitative estimate of drug-likeness (QED) is 0.862. The molecule has 0 bridgehead atoms. The molecule has 0 spiro atoms. The van der Waals surface area contributed by atoms with E-state index in [2.05, 4.69) is 9.72 Å². The second kappa shape index (κ2) is 5.09. The number of hydrogen-bond acceptors (Lipinski definition) is 5. The molecule has 0 aliphatic heterocycles. The molecule has 2 aromatic rings. The van der Waals surface area contributed by atoms with Crippen LogP contribution in [-0.2, 0) is 4.74 Å². The van der Waals surface area contributed by atoms with Crippen molar-refractivity contribution in [1.29, 1.82) is 0 Å². The van der Waals surface area contributed by atoms with E-state index in [0.29, 0.717) is 12.0 Å². The number of ether oxygens (including phenoxy) is 2. The summed E-state index contributed by atoms with van der Waals surface area (Å²) in [5.41, 5.74) is -0.104. The van der Waals surface area contributed by atoms with Crippen LogP contribution in [0.5, 0.6) is 11.5 Å². The zero-order valence-corrected chi connectivity index (χ0v) is 10.4. The van der Waals surface area contributed by atoms with Crippen molar-refractivity contribution in [2.45, 2.75) is 6.92 Å². The van der Waals surface area contributed by atoms with Crippen molar-refractivity contribution in [3.05, 3.63) is 29.7 Å². The second-order valence-corrected chi connectivity index (χ2v) is 3.75. The van der Waals surface area contributed by atoms with Crippen molar-refractivity contribution >= 4 is 16.9 Å². The minimum Gasteiger partial charge on any atom is -0.508 e. The third-order valence-electron chi connectivity index (χ3n) is 2.51. The van der Waals surface area contributed by atoms with Gasteiger partial charge in [-0.2, -0.15) is 0 Å². The Morgan fingerprint density at radius 3 is 2.79 bits per heavy atom. The molecule has 2 rings (SSSR count). The van der Waals surface area contributed by atoms with E-state index < -0.39 is 11.8 Å². The van der Waals surface area contributed by atoms with Gasteiger partial charge in [-0.25, -0.2) is 14.2 Å². The number of methoxy groups -OCH3 is 1. The van der Waals surface area contributed by atoms with Crippen LogP contribution in [0.2, 0.25) is 0 Å². The summed E-state index contributed by atoms with van der Waals surface area (Å²) < 4.78 is 23.7. The molecule has 0 atom stereocenters. The Kier molecular flexibility index (Phi) is 3.50. The highest BCUT2D eigenvalue weighted by atomic mass is 19.1. The molecule has 0 amide bonds. The molecule has 0 aliphatic rings. The number of fused-ring (bicyclic) bond motifs is 1. The van der Waals surface area contributed by atoms with Crippen LogP contribution in [0.3, 0.4) is 0 Å². The van der Waals surface area contributed by atoms with Crippen LogP contribution >= 0.6 is 0 Å². The van der Waals surface area contributed by atoms with Gasteiger partial charge in [-0.05, 0) is 13.0 Å². The maximum Gasteiger partial charge on any atom is 0.356 e. The average molecular weight is 265 g/mol. The van der Waals surface area contributed by atoms with Crippen LogP contribution in [0, 0.1) is 5.82 Å². The van der Waals surface area contributed by atoms with E-state index in [1.54, 1.807) is 6.92 Å². The van der Waals surface area contributed by atoms with Crippen LogP contribution in [0.4, 0.5) is 4.39 Å². The van der Waals surface area contributed by atoms with Crippen LogP contribution < -0.4 is 4.74 Å². The first-order valence-corrected chi connectivity index (χ1v) is 5.61. The molecule has 0 fully saturated rings. The van der Waals surface area contributed by atoms with E-state index in [9.17, 15) is 14.3 Å². The number of halogens is 1. The summed E-state index contributed by atoms with van der Waals surface area (Å²) in [5, 5.41) is 9.71.